The summed E-state index contributed by atoms with van der Waals surface area (Å²) in [5.74, 6) is 0. The quantitative estimate of drug-likeness (QED) is 0.536. The van der Waals surface area contributed by atoms with Crippen LogP contribution in [0.15, 0.2) is 12.2 Å². The van der Waals surface area contributed by atoms with Crippen molar-refractivity contribution in [1.82, 2.24) is 4.90 Å². The summed E-state index contributed by atoms with van der Waals surface area (Å²) in [6.45, 7) is 3.96. The standard InChI is InChI=1S/C8H15NO2/c1-2-3-4-9-5-7(10)8(11)6-9/h2-3,7-8,10-11H,4-6H2,1H3/b3-2+. The topological polar surface area (TPSA) is 43.7 Å². The van der Waals surface area contributed by atoms with Crippen LogP contribution >= 0.6 is 0 Å². The first kappa shape index (κ1) is 8.71. The molecular formula is C8H15NO2. The van der Waals surface area contributed by atoms with E-state index in [0.29, 0.717) is 13.1 Å². The Morgan fingerprint density at radius 3 is 2.36 bits per heavy atom. The van der Waals surface area contributed by atoms with Gasteiger partial charge in [-0.3, -0.25) is 4.90 Å². The number of nitrogens with zero attached hydrogens (tertiary/aromatic N) is 1. The van der Waals surface area contributed by atoms with Crippen molar-refractivity contribution >= 4 is 0 Å². The maximum absolute atomic E-state index is 9.15. The van der Waals surface area contributed by atoms with Gasteiger partial charge in [-0.05, 0) is 6.92 Å². The van der Waals surface area contributed by atoms with Crippen molar-refractivity contribution in [1.29, 1.82) is 0 Å². The SMILES string of the molecule is C/C=C/CN1CC(O)C(O)C1. The maximum Gasteiger partial charge on any atom is 0.0938 e. The molecule has 0 radical (unpaired) electrons. The Bertz CT molecular complexity index is 137. The summed E-state index contributed by atoms with van der Waals surface area (Å²) >= 11 is 0. The molecule has 0 aromatic carbocycles. The molecule has 0 aliphatic carbocycles. The Labute approximate surface area is 66.9 Å². The van der Waals surface area contributed by atoms with Gasteiger partial charge in [0, 0.05) is 19.6 Å². The Kier molecular flexibility index (Phi) is 3.05. The van der Waals surface area contributed by atoms with Crippen LogP contribution in [-0.2, 0) is 0 Å². The fourth-order valence-corrected chi connectivity index (χ4v) is 1.25. The lowest BCUT2D eigenvalue weighted by atomic mass is 10.3. The van der Waals surface area contributed by atoms with Crippen molar-refractivity contribution in [2.75, 3.05) is 19.6 Å². The van der Waals surface area contributed by atoms with Gasteiger partial charge in [0.05, 0.1) is 12.2 Å². The average Bonchev–Trinajstić information content (AvgIpc) is 2.28. The first-order valence-electron chi connectivity index (χ1n) is 3.93. The fourth-order valence-electron chi connectivity index (χ4n) is 1.25. The van der Waals surface area contributed by atoms with Gasteiger partial charge in [-0.1, -0.05) is 12.2 Å². The number of hydrogen-bond donors (Lipinski definition) is 2. The summed E-state index contributed by atoms with van der Waals surface area (Å²) in [6.07, 6.45) is 2.88. The van der Waals surface area contributed by atoms with E-state index in [0.717, 1.165) is 6.54 Å². The molecule has 1 heterocycles. The molecular weight excluding hydrogens is 142 g/mol. The highest BCUT2D eigenvalue weighted by Crippen LogP contribution is 2.08. The normalized spacial score (nSPS) is 33.7. The van der Waals surface area contributed by atoms with E-state index in [1.807, 2.05) is 24.0 Å². The van der Waals surface area contributed by atoms with Crippen molar-refractivity contribution in [3.63, 3.8) is 0 Å². The first-order valence-corrected chi connectivity index (χ1v) is 3.93. The molecule has 1 aliphatic heterocycles. The smallest absolute Gasteiger partial charge is 0.0938 e. The second-order valence-corrected chi connectivity index (χ2v) is 2.92. The van der Waals surface area contributed by atoms with Crippen LogP contribution in [0.2, 0.25) is 0 Å². The van der Waals surface area contributed by atoms with Crippen LogP contribution < -0.4 is 0 Å². The minimum Gasteiger partial charge on any atom is -0.389 e. The van der Waals surface area contributed by atoms with Crippen molar-refractivity contribution in [2.24, 2.45) is 0 Å². The van der Waals surface area contributed by atoms with E-state index < -0.39 is 12.2 Å². The van der Waals surface area contributed by atoms with E-state index in [1.165, 1.54) is 0 Å². The molecule has 11 heavy (non-hydrogen) atoms. The van der Waals surface area contributed by atoms with E-state index in [2.05, 4.69) is 0 Å². The third-order valence-electron chi connectivity index (χ3n) is 1.93. The molecule has 0 aromatic rings. The molecule has 0 amide bonds. The van der Waals surface area contributed by atoms with Crippen molar-refractivity contribution in [3.8, 4) is 0 Å². The van der Waals surface area contributed by atoms with Gasteiger partial charge in [0.1, 0.15) is 0 Å². The lowest BCUT2D eigenvalue weighted by Gasteiger charge is -2.10. The molecule has 2 atom stereocenters. The summed E-state index contributed by atoms with van der Waals surface area (Å²) < 4.78 is 0. The van der Waals surface area contributed by atoms with Crippen LogP contribution in [0.4, 0.5) is 0 Å². The minimum atomic E-state index is -0.555. The fraction of sp³-hybridized carbons (Fsp3) is 0.750. The number of allylic oxidation sites excluding steroid dienone is 1. The molecule has 1 saturated heterocycles. The lowest BCUT2D eigenvalue weighted by Crippen LogP contribution is -2.22. The van der Waals surface area contributed by atoms with Crippen molar-refractivity contribution < 1.29 is 10.2 Å². The van der Waals surface area contributed by atoms with Gasteiger partial charge >= 0.3 is 0 Å². The van der Waals surface area contributed by atoms with Crippen LogP contribution in [0.5, 0.6) is 0 Å². The summed E-state index contributed by atoms with van der Waals surface area (Å²) in [7, 11) is 0. The van der Waals surface area contributed by atoms with Crippen molar-refractivity contribution in [3.05, 3.63) is 12.2 Å². The molecule has 1 rings (SSSR count). The Balaban J connectivity index is 2.29. The zero-order valence-electron chi connectivity index (χ0n) is 6.77. The molecule has 3 heteroatoms. The molecule has 0 aromatic heterocycles. The minimum absolute atomic E-state index is 0.555. The molecule has 0 bridgehead atoms. The molecule has 1 fully saturated rings. The molecule has 2 unspecified atom stereocenters. The third-order valence-corrected chi connectivity index (χ3v) is 1.93. The molecule has 1 aliphatic rings. The van der Waals surface area contributed by atoms with E-state index in [9.17, 15) is 0 Å². The summed E-state index contributed by atoms with van der Waals surface area (Å²) in [4.78, 5) is 2.02. The zero-order valence-corrected chi connectivity index (χ0v) is 6.77. The first-order chi connectivity index (χ1) is 5.24. The number of aliphatic hydroxyl groups excluding tert-OH is 2. The van der Waals surface area contributed by atoms with Crippen LogP contribution in [0.1, 0.15) is 6.92 Å². The Morgan fingerprint density at radius 2 is 1.91 bits per heavy atom. The van der Waals surface area contributed by atoms with E-state index in [4.69, 9.17) is 10.2 Å². The second kappa shape index (κ2) is 3.85. The van der Waals surface area contributed by atoms with Gasteiger partial charge in [0.25, 0.3) is 0 Å². The summed E-state index contributed by atoms with van der Waals surface area (Å²) in [5.41, 5.74) is 0. The third kappa shape index (κ3) is 2.29. The second-order valence-electron chi connectivity index (χ2n) is 2.92. The highest BCUT2D eigenvalue weighted by atomic mass is 16.3. The number of aliphatic hydroxyl groups is 2. The predicted molar refractivity (Wildman–Crippen MR) is 43.3 cm³/mol. The molecule has 0 saturated carbocycles. The number of rotatable bonds is 2. The Morgan fingerprint density at radius 1 is 1.36 bits per heavy atom. The van der Waals surface area contributed by atoms with Crippen LogP contribution in [0.25, 0.3) is 0 Å². The van der Waals surface area contributed by atoms with Crippen LogP contribution in [-0.4, -0.2) is 47.0 Å². The number of likely N-dealkylation sites (tertiary alicyclic amines) is 1. The molecule has 64 valence electrons. The summed E-state index contributed by atoms with van der Waals surface area (Å²) in [6, 6.07) is 0. The Hall–Kier alpha value is -0.380. The van der Waals surface area contributed by atoms with Gasteiger partial charge in [-0.2, -0.15) is 0 Å². The van der Waals surface area contributed by atoms with E-state index in [1.54, 1.807) is 0 Å². The van der Waals surface area contributed by atoms with Crippen molar-refractivity contribution in [2.45, 2.75) is 19.1 Å². The zero-order chi connectivity index (χ0) is 8.27. The number of hydrogen-bond acceptors (Lipinski definition) is 3. The molecule has 0 spiro atoms. The molecule has 3 nitrogen and oxygen atoms in total. The van der Waals surface area contributed by atoms with Gasteiger partial charge in [0.15, 0.2) is 0 Å². The van der Waals surface area contributed by atoms with Crippen LogP contribution in [0.3, 0.4) is 0 Å². The predicted octanol–water partition coefficient (Wildman–Crippen LogP) is -0.400. The van der Waals surface area contributed by atoms with E-state index in [-0.39, 0.29) is 0 Å². The largest absolute Gasteiger partial charge is 0.389 e. The monoisotopic (exact) mass is 157 g/mol. The van der Waals surface area contributed by atoms with Gasteiger partial charge in [0.2, 0.25) is 0 Å². The van der Waals surface area contributed by atoms with Gasteiger partial charge in [-0.25, -0.2) is 0 Å². The highest BCUT2D eigenvalue weighted by Gasteiger charge is 2.28. The maximum atomic E-state index is 9.15. The van der Waals surface area contributed by atoms with Gasteiger partial charge < -0.3 is 10.2 Å². The van der Waals surface area contributed by atoms with Gasteiger partial charge in [-0.15, -0.1) is 0 Å². The van der Waals surface area contributed by atoms with Crippen LogP contribution in [0, 0.1) is 0 Å². The highest BCUT2D eigenvalue weighted by molar-refractivity contribution is 4.89. The van der Waals surface area contributed by atoms with E-state index >= 15 is 0 Å². The summed E-state index contributed by atoms with van der Waals surface area (Å²) in [5, 5.41) is 18.3. The molecule has 2 N–H and O–H groups in total. The average molecular weight is 157 g/mol. The number of β-amino-alcohol motifs (C(OH)–C–C–N with tert-alkyl or cyclic N) is 2. The lowest BCUT2D eigenvalue weighted by molar-refractivity contribution is 0.0572.